The van der Waals surface area contributed by atoms with Crippen molar-refractivity contribution in [1.29, 1.82) is 0 Å². The zero-order valence-corrected chi connectivity index (χ0v) is 10.6. The van der Waals surface area contributed by atoms with Gasteiger partial charge in [0.15, 0.2) is 12.3 Å². The van der Waals surface area contributed by atoms with Gasteiger partial charge in [-0.15, -0.1) is 0 Å². The Morgan fingerprint density at radius 1 is 1.39 bits per heavy atom. The van der Waals surface area contributed by atoms with Crippen molar-refractivity contribution >= 4 is 21.0 Å². The van der Waals surface area contributed by atoms with Crippen LogP contribution in [0.4, 0.5) is 0 Å². The maximum absolute atomic E-state index is 10.7. The van der Waals surface area contributed by atoms with Gasteiger partial charge in [-0.2, -0.15) is 8.42 Å². The summed E-state index contributed by atoms with van der Waals surface area (Å²) in [6, 6.07) is 7.38. The molecule has 0 aliphatic carbocycles. The lowest BCUT2D eigenvalue weighted by atomic mass is 10.2. The number of hydrogen-bond donors (Lipinski definition) is 1. The fraction of sp³-hybridized carbons (Fsp3) is 0.273. The minimum absolute atomic E-state index is 0.0695. The summed E-state index contributed by atoms with van der Waals surface area (Å²) in [5.41, 5.74) is 0.701. The summed E-state index contributed by atoms with van der Waals surface area (Å²) >= 11 is 0. The van der Waals surface area contributed by atoms with Crippen LogP contribution in [0.5, 0.6) is 5.75 Å². The highest BCUT2D eigenvalue weighted by Crippen LogP contribution is 2.20. The zero-order chi connectivity index (χ0) is 13.2. The molecule has 0 unspecified atom stereocenters. The summed E-state index contributed by atoms with van der Waals surface area (Å²) < 4.78 is 36.8. The van der Waals surface area contributed by atoms with Crippen LogP contribution in [0, 0.1) is 0 Å². The van der Waals surface area contributed by atoms with Crippen molar-refractivity contribution in [3.05, 3.63) is 30.5 Å². The molecule has 0 amide bonds. The molecule has 0 aliphatic heterocycles. The molecule has 0 atom stereocenters. The molecule has 1 aromatic heterocycles. The Morgan fingerprint density at radius 2 is 2.11 bits per heavy atom. The standard InChI is InChI=1S/C11H12N2O4S/c1-17-11-8-13(6-7-18(14,15)16)12-10-5-3-2-4-9(10)11/h2-5,8H,6-7H2,1H3/p+1. The van der Waals surface area contributed by atoms with E-state index >= 15 is 0 Å². The van der Waals surface area contributed by atoms with Crippen LogP contribution in [0.1, 0.15) is 0 Å². The van der Waals surface area contributed by atoms with Crippen molar-refractivity contribution in [3.8, 4) is 5.75 Å². The molecule has 0 bridgehead atoms. The van der Waals surface area contributed by atoms with Gasteiger partial charge >= 0.3 is 0 Å². The highest BCUT2D eigenvalue weighted by Gasteiger charge is 2.15. The maximum Gasteiger partial charge on any atom is 0.271 e. The van der Waals surface area contributed by atoms with Crippen LogP contribution in [0.15, 0.2) is 30.5 Å². The number of fused-ring (bicyclic) bond motifs is 1. The molecular weight excluding hydrogens is 256 g/mol. The summed E-state index contributed by atoms with van der Waals surface area (Å²) in [7, 11) is -2.46. The minimum atomic E-state index is -4.00. The number of nitrogens with zero attached hydrogens (tertiary/aromatic N) is 2. The SMILES string of the molecule is COc1c[n+](CCS(=O)(=O)O)nc2ccccc12. The maximum atomic E-state index is 10.7. The van der Waals surface area contributed by atoms with Gasteiger partial charge in [-0.25, -0.2) is 0 Å². The molecule has 6 nitrogen and oxygen atoms in total. The van der Waals surface area contributed by atoms with Gasteiger partial charge in [0, 0.05) is 5.10 Å². The number of methoxy groups -OCH3 is 1. The second-order valence-corrected chi connectivity index (χ2v) is 5.34. The number of benzene rings is 1. The van der Waals surface area contributed by atoms with Crippen molar-refractivity contribution < 1.29 is 22.4 Å². The van der Waals surface area contributed by atoms with Crippen molar-refractivity contribution in [2.45, 2.75) is 6.54 Å². The molecular formula is C11H13N2O4S+. The van der Waals surface area contributed by atoms with Crippen LogP contribution in [-0.2, 0) is 16.7 Å². The Morgan fingerprint density at radius 3 is 2.78 bits per heavy atom. The van der Waals surface area contributed by atoms with E-state index in [-0.39, 0.29) is 12.3 Å². The van der Waals surface area contributed by atoms with E-state index in [1.807, 2.05) is 24.3 Å². The van der Waals surface area contributed by atoms with Crippen LogP contribution in [-0.4, -0.2) is 30.9 Å². The van der Waals surface area contributed by atoms with Crippen LogP contribution in [0.2, 0.25) is 0 Å². The van der Waals surface area contributed by atoms with E-state index in [1.54, 1.807) is 6.20 Å². The second kappa shape index (κ2) is 4.87. The molecule has 18 heavy (non-hydrogen) atoms. The van der Waals surface area contributed by atoms with E-state index in [4.69, 9.17) is 9.29 Å². The molecule has 0 fully saturated rings. The predicted octanol–water partition coefficient (Wildman–Crippen LogP) is 0.419. The molecule has 2 rings (SSSR count). The van der Waals surface area contributed by atoms with Gasteiger partial charge in [-0.05, 0) is 12.1 Å². The molecule has 0 aliphatic rings. The highest BCUT2D eigenvalue weighted by atomic mass is 32.2. The molecule has 96 valence electrons. The van der Waals surface area contributed by atoms with Crippen LogP contribution >= 0.6 is 0 Å². The molecule has 0 saturated carbocycles. The van der Waals surface area contributed by atoms with Crippen LogP contribution in [0.3, 0.4) is 0 Å². The highest BCUT2D eigenvalue weighted by molar-refractivity contribution is 7.85. The smallest absolute Gasteiger partial charge is 0.271 e. The largest absolute Gasteiger partial charge is 0.490 e. The number of ether oxygens (including phenoxy) is 1. The summed E-state index contributed by atoms with van der Waals surface area (Å²) in [6.45, 7) is 0.0695. The number of hydrogen-bond acceptors (Lipinski definition) is 4. The molecule has 0 radical (unpaired) electrons. The van der Waals surface area contributed by atoms with Gasteiger partial charge in [0.1, 0.15) is 11.3 Å². The first-order chi connectivity index (χ1) is 8.49. The lowest BCUT2D eigenvalue weighted by Gasteiger charge is -2.02. The lowest BCUT2D eigenvalue weighted by Crippen LogP contribution is -2.40. The van der Waals surface area contributed by atoms with Crippen LogP contribution < -0.4 is 9.42 Å². The third-order valence-corrected chi connectivity index (χ3v) is 3.17. The fourth-order valence-electron chi connectivity index (χ4n) is 1.63. The molecule has 0 saturated heterocycles. The Labute approximate surface area is 105 Å². The number of aromatic nitrogens is 2. The third kappa shape index (κ3) is 2.93. The second-order valence-electron chi connectivity index (χ2n) is 3.76. The fourth-order valence-corrected chi connectivity index (χ4v) is 2.05. The van der Waals surface area contributed by atoms with E-state index in [0.717, 1.165) is 5.39 Å². The zero-order valence-electron chi connectivity index (χ0n) is 9.78. The lowest BCUT2D eigenvalue weighted by molar-refractivity contribution is -0.747. The summed E-state index contributed by atoms with van der Waals surface area (Å²) in [5, 5.41) is 5.10. The minimum Gasteiger partial charge on any atom is -0.490 e. The summed E-state index contributed by atoms with van der Waals surface area (Å²) in [4.78, 5) is 0. The van der Waals surface area contributed by atoms with Crippen LogP contribution in [0.25, 0.3) is 10.9 Å². The Kier molecular flexibility index (Phi) is 3.44. The first-order valence-corrected chi connectivity index (χ1v) is 6.89. The summed E-state index contributed by atoms with van der Waals surface area (Å²) in [6.07, 6.45) is 1.60. The first-order valence-electron chi connectivity index (χ1n) is 5.28. The van der Waals surface area contributed by atoms with E-state index in [1.165, 1.54) is 11.8 Å². The Hall–Kier alpha value is -1.73. The molecule has 7 heteroatoms. The Balaban J connectivity index is 2.41. The van der Waals surface area contributed by atoms with Gasteiger partial charge in [-0.1, -0.05) is 16.8 Å². The predicted molar refractivity (Wildman–Crippen MR) is 64.9 cm³/mol. The number of rotatable bonds is 4. The molecule has 2 aromatic rings. The molecule has 1 heterocycles. The quantitative estimate of drug-likeness (QED) is 0.642. The van der Waals surface area contributed by atoms with E-state index in [2.05, 4.69) is 5.10 Å². The van der Waals surface area contributed by atoms with Gasteiger partial charge in [0.25, 0.3) is 10.1 Å². The molecule has 1 aromatic carbocycles. The number of aryl methyl sites for hydroxylation is 1. The first kappa shape index (κ1) is 12.7. The Bertz CT molecular complexity index is 670. The molecule has 1 N–H and O–H groups in total. The van der Waals surface area contributed by atoms with Crippen molar-refractivity contribution in [2.75, 3.05) is 12.9 Å². The van der Waals surface area contributed by atoms with Gasteiger partial charge < -0.3 is 4.74 Å². The monoisotopic (exact) mass is 269 g/mol. The summed E-state index contributed by atoms with van der Waals surface area (Å²) in [5.74, 6) is 0.225. The van der Waals surface area contributed by atoms with E-state index in [9.17, 15) is 8.42 Å². The topological polar surface area (TPSA) is 80.4 Å². The van der Waals surface area contributed by atoms with Gasteiger partial charge in [-0.3, -0.25) is 4.55 Å². The molecule has 0 spiro atoms. The average Bonchev–Trinajstić information content (AvgIpc) is 2.34. The van der Waals surface area contributed by atoms with E-state index < -0.39 is 10.1 Å². The normalized spacial score (nSPS) is 11.7. The van der Waals surface area contributed by atoms with Crippen molar-refractivity contribution in [1.82, 2.24) is 5.10 Å². The van der Waals surface area contributed by atoms with Gasteiger partial charge in [0.05, 0.1) is 12.5 Å². The average molecular weight is 269 g/mol. The van der Waals surface area contributed by atoms with Crippen molar-refractivity contribution in [3.63, 3.8) is 0 Å². The van der Waals surface area contributed by atoms with Crippen molar-refractivity contribution in [2.24, 2.45) is 0 Å². The van der Waals surface area contributed by atoms with Gasteiger partial charge in [0.2, 0.25) is 6.20 Å². The van der Waals surface area contributed by atoms with E-state index in [0.29, 0.717) is 11.3 Å². The third-order valence-electron chi connectivity index (χ3n) is 2.47.